The number of hydrogen-bond acceptors (Lipinski definition) is 4. The van der Waals surface area contributed by atoms with Crippen LogP contribution in [-0.2, 0) is 4.79 Å². The summed E-state index contributed by atoms with van der Waals surface area (Å²) in [6.45, 7) is 2.10. The van der Waals surface area contributed by atoms with Crippen molar-refractivity contribution in [3.8, 4) is 11.4 Å². The van der Waals surface area contributed by atoms with Crippen LogP contribution in [0.2, 0.25) is 5.02 Å². The zero-order valence-electron chi connectivity index (χ0n) is 13.9. The van der Waals surface area contributed by atoms with E-state index in [4.69, 9.17) is 16.1 Å². The molecular weight excluding hydrogens is 357 g/mol. The lowest BCUT2D eigenvalue weighted by Crippen LogP contribution is -2.25. The van der Waals surface area contributed by atoms with E-state index in [0.29, 0.717) is 28.8 Å². The normalized spacial score (nSPS) is 17.1. The van der Waals surface area contributed by atoms with Gasteiger partial charge < -0.3 is 9.42 Å². The molecular formula is C19H15ClFN3O2. The van der Waals surface area contributed by atoms with Gasteiger partial charge >= 0.3 is 0 Å². The molecule has 1 unspecified atom stereocenters. The van der Waals surface area contributed by atoms with E-state index < -0.39 is 5.82 Å². The lowest BCUT2D eigenvalue weighted by molar-refractivity contribution is -0.117. The maximum Gasteiger partial charge on any atom is 0.232 e. The summed E-state index contributed by atoms with van der Waals surface area (Å²) in [6.07, 6.45) is 0.192. The molecule has 1 aromatic heterocycles. The van der Waals surface area contributed by atoms with Crippen LogP contribution in [0, 0.1) is 12.7 Å². The van der Waals surface area contributed by atoms with Gasteiger partial charge in [0.1, 0.15) is 5.82 Å². The summed E-state index contributed by atoms with van der Waals surface area (Å²) < 4.78 is 19.6. The Morgan fingerprint density at radius 2 is 2.08 bits per heavy atom. The Morgan fingerprint density at radius 1 is 1.27 bits per heavy atom. The van der Waals surface area contributed by atoms with Crippen LogP contribution in [0.15, 0.2) is 47.0 Å². The van der Waals surface area contributed by atoms with Crippen molar-refractivity contribution in [2.75, 3.05) is 11.4 Å². The molecule has 3 aromatic rings. The first-order valence-corrected chi connectivity index (χ1v) is 8.56. The van der Waals surface area contributed by atoms with Crippen LogP contribution in [0.1, 0.15) is 23.8 Å². The minimum absolute atomic E-state index is 0.171. The van der Waals surface area contributed by atoms with Crippen molar-refractivity contribution in [1.29, 1.82) is 0 Å². The highest BCUT2D eigenvalue weighted by atomic mass is 35.5. The molecule has 0 N–H and O–H groups in total. The second kappa shape index (κ2) is 6.53. The maximum atomic E-state index is 14.2. The Kier molecular flexibility index (Phi) is 4.20. The van der Waals surface area contributed by atoms with Gasteiger partial charge in [0, 0.05) is 18.5 Å². The molecule has 0 radical (unpaired) electrons. The van der Waals surface area contributed by atoms with E-state index in [-0.39, 0.29) is 23.9 Å². The molecule has 1 atom stereocenters. The summed E-state index contributed by atoms with van der Waals surface area (Å²) >= 11 is 6.16. The Balaban J connectivity index is 1.59. The van der Waals surface area contributed by atoms with Crippen molar-refractivity contribution in [2.24, 2.45) is 0 Å². The average molecular weight is 372 g/mol. The van der Waals surface area contributed by atoms with Gasteiger partial charge in [0.05, 0.1) is 16.6 Å². The van der Waals surface area contributed by atoms with Crippen molar-refractivity contribution in [2.45, 2.75) is 19.3 Å². The van der Waals surface area contributed by atoms with Crippen molar-refractivity contribution in [3.63, 3.8) is 0 Å². The highest BCUT2D eigenvalue weighted by Crippen LogP contribution is 2.34. The molecule has 1 aliphatic heterocycles. The Hall–Kier alpha value is -2.73. The standard InChI is InChI=1S/C19H15ClFN3O2/c1-11-6-7-16(15(21)8-11)24-10-12(9-17(24)25)19-22-18(23-26-19)13-4-2-3-5-14(13)20/h2-8,12H,9-10H2,1H3. The maximum absolute atomic E-state index is 14.2. The number of carbonyl (C=O) groups is 1. The third-order valence-corrected chi connectivity index (χ3v) is 4.75. The molecule has 7 heteroatoms. The molecule has 0 spiro atoms. The molecule has 1 fully saturated rings. The summed E-state index contributed by atoms with van der Waals surface area (Å²) in [6, 6.07) is 12.0. The van der Waals surface area contributed by atoms with Gasteiger partial charge in [-0.2, -0.15) is 4.98 Å². The fourth-order valence-corrected chi connectivity index (χ4v) is 3.31. The monoisotopic (exact) mass is 371 g/mol. The van der Waals surface area contributed by atoms with E-state index in [0.717, 1.165) is 5.56 Å². The van der Waals surface area contributed by atoms with Gasteiger partial charge in [0.25, 0.3) is 0 Å². The molecule has 0 bridgehead atoms. The summed E-state index contributed by atoms with van der Waals surface area (Å²) in [4.78, 5) is 18.2. The van der Waals surface area contributed by atoms with Crippen molar-refractivity contribution >= 4 is 23.2 Å². The molecule has 2 aromatic carbocycles. The van der Waals surface area contributed by atoms with E-state index in [9.17, 15) is 9.18 Å². The summed E-state index contributed by atoms with van der Waals surface area (Å²) in [7, 11) is 0. The third kappa shape index (κ3) is 2.97. The molecule has 0 aliphatic carbocycles. The van der Waals surface area contributed by atoms with Crippen LogP contribution in [0.4, 0.5) is 10.1 Å². The van der Waals surface area contributed by atoms with Gasteiger partial charge in [-0.25, -0.2) is 4.39 Å². The number of anilines is 1. The number of aryl methyl sites for hydroxylation is 1. The minimum atomic E-state index is -0.415. The quantitative estimate of drug-likeness (QED) is 0.686. The molecule has 0 saturated carbocycles. The number of benzene rings is 2. The Labute approximate surface area is 154 Å². The number of amides is 1. The molecule has 4 rings (SSSR count). The van der Waals surface area contributed by atoms with E-state index in [1.807, 2.05) is 12.1 Å². The molecule has 2 heterocycles. The predicted octanol–water partition coefficient (Wildman–Crippen LogP) is 4.36. The molecule has 5 nitrogen and oxygen atoms in total. The van der Waals surface area contributed by atoms with E-state index in [1.165, 1.54) is 11.0 Å². The zero-order chi connectivity index (χ0) is 18.3. The number of hydrogen-bond donors (Lipinski definition) is 0. The van der Waals surface area contributed by atoms with Crippen molar-refractivity contribution < 1.29 is 13.7 Å². The second-order valence-electron chi connectivity index (χ2n) is 6.30. The van der Waals surface area contributed by atoms with Crippen LogP contribution < -0.4 is 4.90 Å². The number of halogens is 2. The van der Waals surface area contributed by atoms with Crippen LogP contribution in [0.5, 0.6) is 0 Å². The van der Waals surface area contributed by atoms with Crippen LogP contribution in [-0.4, -0.2) is 22.6 Å². The molecule has 1 amide bonds. The van der Waals surface area contributed by atoms with Crippen LogP contribution in [0.3, 0.4) is 0 Å². The highest BCUT2D eigenvalue weighted by molar-refractivity contribution is 6.33. The van der Waals surface area contributed by atoms with Crippen molar-refractivity contribution in [3.05, 3.63) is 64.8 Å². The summed E-state index contributed by atoms with van der Waals surface area (Å²) in [5.41, 5.74) is 1.74. The Morgan fingerprint density at radius 3 is 2.85 bits per heavy atom. The fraction of sp³-hybridized carbons (Fsp3) is 0.211. The molecule has 1 aliphatic rings. The SMILES string of the molecule is Cc1ccc(N2CC(c3nc(-c4ccccc4Cl)no3)CC2=O)c(F)c1. The largest absolute Gasteiger partial charge is 0.339 e. The smallest absolute Gasteiger partial charge is 0.232 e. The average Bonchev–Trinajstić information content (AvgIpc) is 3.22. The topological polar surface area (TPSA) is 59.2 Å². The zero-order valence-corrected chi connectivity index (χ0v) is 14.7. The van der Waals surface area contributed by atoms with Crippen LogP contribution in [0.25, 0.3) is 11.4 Å². The number of rotatable bonds is 3. The fourth-order valence-electron chi connectivity index (χ4n) is 3.09. The van der Waals surface area contributed by atoms with E-state index >= 15 is 0 Å². The first kappa shape index (κ1) is 16.7. The lowest BCUT2D eigenvalue weighted by Gasteiger charge is -2.17. The van der Waals surface area contributed by atoms with Gasteiger partial charge in [-0.15, -0.1) is 0 Å². The number of aromatic nitrogens is 2. The van der Waals surface area contributed by atoms with Gasteiger partial charge in [0.15, 0.2) is 0 Å². The lowest BCUT2D eigenvalue weighted by atomic mass is 10.1. The minimum Gasteiger partial charge on any atom is -0.339 e. The number of nitrogens with zero attached hydrogens (tertiary/aromatic N) is 3. The van der Waals surface area contributed by atoms with E-state index in [1.54, 1.807) is 31.2 Å². The first-order chi connectivity index (χ1) is 12.5. The highest BCUT2D eigenvalue weighted by Gasteiger charge is 2.36. The van der Waals surface area contributed by atoms with Crippen LogP contribution >= 0.6 is 11.6 Å². The first-order valence-electron chi connectivity index (χ1n) is 8.18. The summed E-state index contributed by atoms with van der Waals surface area (Å²) in [5, 5.41) is 4.49. The van der Waals surface area contributed by atoms with Crippen molar-refractivity contribution in [1.82, 2.24) is 10.1 Å². The van der Waals surface area contributed by atoms with E-state index in [2.05, 4.69) is 10.1 Å². The third-order valence-electron chi connectivity index (χ3n) is 4.42. The number of carbonyl (C=O) groups excluding carboxylic acids is 1. The predicted molar refractivity (Wildman–Crippen MR) is 95.6 cm³/mol. The van der Waals surface area contributed by atoms with Gasteiger partial charge in [0.2, 0.25) is 17.6 Å². The van der Waals surface area contributed by atoms with Gasteiger partial charge in [-0.05, 0) is 36.8 Å². The van der Waals surface area contributed by atoms with Gasteiger partial charge in [-0.1, -0.05) is 35.0 Å². The van der Waals surface area contributed by atoms with Gasteiger partial charge in [-0.3, -0.25) is 4.79 Å². The molecule has 132 valence electrons. The second-order valence-corrected chi connectivity index (χ2v) is 6.70. The molecule has 26 heavy (non-hydrogen) atoms. The Bertz CT molecular complexity index is 988. The summed E-state index contributed by atoms with van der Waals surface area (Å²) in [5.74, 6) is -0.148. The molecule has 1 saturated heterocycles.